The number of hydrogen-bond acceptors (Lipinski definition) is 4. The van der Waals surface area contributed by atoms with E-state index in [1.807, 2.05) is 38.1 Å². The van der Waals surface area contributed by atoms with Gasteiger partial charge in [0, 0.05) is 19.0 Å². The lowest BCUT2D eigenvalue weighted by Crippen LogP contribution is -2.39. The lowest BCUT2D eigenvalue weighted by molar-refractivity contribution is 0.0509. The molecule has 6 nitrogen and oxygen atoms in total. The molecule has 0 aliphatic heterocycles. The summed E-state index contributed by atoms with van der Waals surface area (Å²) < 4.78 is 10.4. The van der Waals surface area contributed by atoms with Crippen molar-refractivity contribution in [3.63, 3.8) is 0 Å². The van der Waals surface area contributed by atoms with E-state index in [2.05, 4.69) is 10.6 Å². The van der Waals surface area contributed by atoms with Crippen LogP contribution in [0.1, 0.15) is 35.3 Å². The topological polar surface area (TPSA) is 76.7 Å². The summed E-state index contributed by atoms with van der Waals surface area (Å²) in [5.74, 6) is 0.438. The van der Waals surface area contributed by atoms with E-state index in [-0.39, 0.29) is 18.0 Å². The van der Waals surface area contributed by atoms with Gasteiger partial charge in [0.15, 0.2) is 0 Å². The smallest absolute Gasteiger partial charge is 0.338 e. The lowest BCUT2D eigenvalue weighted by atomic mass is 10.1. The zero-order valence-electron chi connectivity index (χ0n) is 16.0. The van der Waals surface area contributed by atoms with Gasteiger partial charge in [0.05, 0.1) is 19.3 Å². The zero-order valence-corrected chi connectivity index (χ0v) is 16.0. The first-order valence-corrected chi connectivity index (χ1v) is 8.91. The Labute approximate surface area is 159 Å². The number of rotatable bonds is 8. The second-order valence-electron chi connectivity index (χ2n) is 6.41. The van der Waals surface area contributed by atoms with Gasteiger partial charge in [-0.3, -0.25) is 0 Å². The Bertz CT molecular complexity index is 740. The monoisotopic (exact) mass is 370 g/mol. The van der Waals surface area contributed by atoms with E-state index in [9.17, 15) is 9.59 Å². The van der Waals surface area contributed by atoms with Gasteiger partial charge < -0.3 is 20.1 Å². The van der Waals surface area contributed by atoms with Crippen LogP contribution < -0.4 is 15.4 Å². The molecule has 2 N–H and O–H groups in total. The number of hydrogen-bond donors (Lipinski definition) is 2. The Hall–Kier alpha value is -3.02. The van der Waals surface area contributed by atoms with Crippen molar-refractivity contribution < 1.29 is 19.1 Å². The van der Waals surface area contributed by atoms with Crippen LogP contribution >= 0.6 is 0 Å². The van der Waals surface area contributed by atoms with Crippen LogP contribution in [0, 0.1) is 0 Å². The minimum atomic E-state index is -0.361. The summed E-state index contributed by atoms with van der Waals surface area (Å²) in [6.45, 7) is 4.50. The Morgan fingerprint density at radius 1 is 0.963 bits per heavy atom. The fraction of sp³-hybridized carbons (Fsp3) is 0.333. The predicted octanol–water partition coefficient (Wildman–Crippen LogP) is 3.30. The molecule has 0 aromatic heterocycles. The molecule has 0 heterocycles. The van der Waals surface area contributed by atoms with Gasteiger partial charge in [0.25, 0.3) is 0 Å². The minimum Gasteiger partial charge on any atom is -0.497 e. The largest absolute Gasteiger partial charge is 0.497 e. The average Bonchev–Trinajstić information content (AvgIpc) is 2.66. The van der Waals surface area contributed by atoms with Crippen molar-refractivity contribution in [1.82, 2.24) is 10.6 Å². The number of benzene rings is 2. The molecule has 0 aliphatic rings. The van der Waals surface area contributed by atoms with Crippen LogP contribution in [0.2, 0.25) is 0 Å². The second-order valence-corrected chi connectivity index (χ2v) is 6.41. The number of ether oxygens (including phenoxy) is 2. The van der Waals surface area contributed by atoms with E-state index in [0.717, 1.165) is 16.9 Å². The molecule has 2 rings (SSSR count). The second kappa shape index (κ2) is 10.2. The number of urea groups is 1. The summed E-state index contributed by atoms with van der Waals surface area (Å²) in [4.78, 5) is 23.7. The van der Waals surface area contributed by atoms with Gasteiger partial charge in [-0.15, -0.1) is 0 Å². The van der Waals surface area contributed by atoms with E-state index in [4.69, 9.17) is 9.47 Å². The maximum atomic E-state index is 12.1. The van der Waals surface area contributed by atoms with E-state index in [1.165, 1.54) is 0 Å². The van der Waals surface area contributed by atoms with Crippen LogP contribution in [0.15, 0.2) is 48.5 Å². The normalized spacial score (nSPS) is 10.4. The van der Waals surface area contributed by atoms with Crippen molar-refractivity contribution in [1.29, 1.82) is 0 Å². The van der Waals surface area contributed by atoms with Crippen molar-refractivity contribution in [2.75, 3.05) is 13.7 Å². The summed E-state index contributed by atoms with van der Waals surface area (Å²) in [5.41, 5.74) is 2.47. The van der Waals surface area contributed by atoms with Gasteiger partial charge in [-0.05, 0) is 49.2 Å². The van der Waals surface area contributed by atoms with Crippen LogP contribution in [0.5, 0.6) is 5.75 Å². The first kappa shape index (κ1) is 20.3. The van der Waals surface area contributed by atoms with E-state index < -0.39 is 0 Å². The summed E-state index contributed by atoms with van der Waals surface area (Å²) >= 11 is 0. The average molecular weight is 370 g/mol. The highest BCUT2D eigenvalue weighted by Crippen LogP contribution is 2.12. The summed E-state index contributed by atoms with van der Waals surface area (Å²) in [6.07, 6.45) is 0.642. The summed E-state index contributed by atoms with van der Waals surface area (Å²) in [6, 6.07) is 14.5. The standard InChI is InChI=1S/C21H26N2O4/c1-15(2)23-21(25)22-14-17-4-8-18(9-5-17)20(24)27-13-12-16-6-10-19(26-3)11-7-16/h4-11,15H,12-14H2,1-3H3,(H2,22,23,25). The van der Waals surface area contributed by atoms with E-state index in [0.29, 0.717) is 25.1 Å². The van der Waals surface area contributed by atoms with Gasteiger partial charge in [-0.1, -0.05) is 24.3 Å². The molecule has 0 radical (unpaired) electrons. The van der Waals surface area contributed by atoms with Crippen LogP contribution in [0.3, 0.4) is 0 Å². The predicted molar refractivity (Wildman–Crippen MR) is 104 cm³/mol. The Morgan fingerprint density at radius 2 is 1.59 bits per heavy atom. The highest BCUT2D eigenvalue weighted by Gasteiger charge is 2.08. The molecule has 27 heavy (non-hydrogen) atoms. The van der Waals surface area contributed by atoms with E-state index >= 15 is 0 Å². The molecule has 0 saturated heterocycles. The molecule has 0 aliphatic carbocycles. The third kappa shape index (κ3) is 7.01. The fourth-order valence-electron chi connectivity index (χ4n) is 2.39. The van der Waals surface area contributed by atoms with Crippen molar-refractivity contribution in [3.8, 4) is 5.75 Å². The van der Waals surface area contributed by atoms with Crippen molar-refractivity contribution in [3.05, 3.63) is 65.2 Å². The molecule has 6 heteroatoms. The Kier molecular flexibility index (Phi) is 7.67. The molecule has 0 unspecified atom stereocenters. The van der Waals surface area contributed by atoms with Crippen molar-refractivity contribution in [2.45, 2.75) is 32.9 Å². The van der Waals surface area contributed by atoms with Crippen molar-refractivity contribution >= 4 is 12.0 Å². The number of methoxy groups -OCH3 is 1. The van der Waals surface area contributed by atoms with Gasteiger partial charge in [0.1, 0.15) is 5.75 Å². The first-order valence-electron chi connectivity index (χ1n) is 8.91. The zero-order chi connectivity index (χ0) is 19.6. The minimum absolute atomic E-state index is 0.0834. The molecule has 0 bridgehead atoms. The van der Waals surface area contributed by atoms with Gasteiger partial charge in [0.2, 0.25) is 0 Å². The molecule has 144 valence electrons. The third-order valence-corrected chi connectivity index (χ3v) is 3.85. The van der Waals surface area contributed by atoms with Crippen molar-refractivity contribution in [2.24, 2.45) is 0 Å². The number of carbonyl (C=O) groups is 2. The molecule has 0 fully saturated rings. The molecule has 2 aromatic rings. The molecular formula is C21H26N2O4. The quantitative estimate of drug-likeness (QED) is 0.699. The molecular weight excluding hydrogens is 344 g/mol. The fourth-order valence-corrected chi connectivity index (χ4v) is 2.39. The summed E-state index contributed by atoms with van der Waals surface area (Å²) in [5, 5.41) is 5.52. The van der Waals surface area contributed by atoms with Gasteiger partial charge in [-0.25, -0.2) is 9.59 Å². The number of nitrogens with one attached hydrogen (secondary N) is 2. The number of carbonyl (C=O) groups excluding carboxylic acids is 2. The molecule has 2 amide bonds. The maximum absolute atomic E-state index is 12.1. The maximum Gasteiger partial charge on any atom is 0.338 e. The highest BCUT2D eigenvalue weighted by molar-refractivity contribution is 5.89. The Morgan fingerprint density at radius 3 is 2.19 bits per heavy atom. The number of amides is 2. The molecule has 2 aromatic carbocycles. The van der Waals surface area contributed by atoms with Crippen LogP contribution in [-0.2, 0) is 17.7 Å². The lowest BCUT2D eigenvalue weighted by Gasteiger charge is -2.10. The third-order valence-electron chi connectivity index (χ3n) is 3.85. The highest BCUT2D eigenvalue weighted by atomic mass is 16.5. The Balaban J connectivity index is 1.76. The number of esters is 1. The van der Waals surface area contributed by atoms with Crippen LogP contribution in [0.4, 0.5) is 4.79 Å². The van der Waals surface area contributed by atoms with Crippen LogP contribution in [-0.4, -0.2) is 31.8 Å². The van der Waals surface area contributed by atoms with Crippen LogP contribution in [0.25, 0.3) is 0 Å². The van der Waals surface area contributed by atoms with Gasteiger partial charge >= 0.3 is 12.0 Å². The SMILES string of the molecule is COc1ccc(CCOC(=O)c2ccc(CNC(=O)NC(C)C)cc2)cc1. The first-order chi connectivity index (χ1) is 13.0. The van der Waals surface area contributed by atoms with E-state index in [1.54, 1.807) is 31.4 Å². The molecule has 0 spiro atoms. The van der Waals surface area contributed by atoms with Gasteiger partial charge in [-0.2, -0.15) is 0 Å². The summed E-state index contributed by atoms with van der Waals surface area (Å²) in [7, 11) is 1.62. The molecule has 0 atom stereocenters. The molecule has 0 saturated carbocycles.